The van der Waals surface area contributed by atoms with Crippen molar-refractivity contribution in [3.05, 3.63) is 40.9 Å². The van der Waals surface area contributed by atoms with Crippen LogP contribution in [0.3, 0.4) is 0 Å². The van der Waals surface area contributed by atoms with Crippen LogP contribution in [0.1, 0.15) is 11.6 Å². The van der Waals surface area contributed by atoms with Gasteiger partial charge in [0.25, 0.3) is 0 Å². The Morgan fingerprint density at radius 3 is 2.94 bits per heavy atom. The number of hydrogen-bond acceptors (Lipinski definition) is 3. The van der Waals surface area contributed by atoms with Crippen LogP contribution >= 0.6 is 11.6 Å². The lowest BCUT2D eigenvalue weighted by Crippen LogP contribution is -2.09. The van der Waals surface area contributed by atoms with Crippen LogP contribution in [0.4, 0.5) is 0 Å². The predicted octanol–water partition coefficient (Wildman–Crippen LogP) is 1.73. The molecule has 0 spiro atoms. The van der Waals surface area contributed by atoms with Gasteiger partial charge in [0.15, 0.2) is 0 Å². The quantitative estimate of drug-likeness (QED) is 0.883. The Morgan fingerprint density at radius 1 is 1.44 bits per heavy atom. The smallest absolute Gasteiger partial charge is 0.148 e. The zero-order valence-corrected chi connectivity index (χ0v) is 9.78. The fourth-order valence-electron chi connectivity index (χ4n) is 1.56. The fraction of sp³-hybridized carbons (Fsp3) is 0.273. The van der Waals surface area contributed by atoms with Crippen LogP contribution in [0, 0.1) is 6.92 Å². The van der Waals surface area contributed by atoms with Crippen LogP contribution in [0.25, 0.3) is 5.69 Å². The zero-order chi connectivity index (χ0) is 11.5. The summed E-state index contributed by atoms with van der Waals surface area (Å²) in [5.41, 5.74) is 6.45. The van der Waals surface area contributed by atoms with Crippen molar-refractivity contribution in [1.82, 2.24) is 14.8 Å². The molecule has 2 N–H and O–H groups in total. The summed E-state index contributed by atoms with van der Waals surface area (Å²) in [5.74, 6) is 1.60. The van der Waals surface area contributed by atoms with E-state index in [0.29, 0.717) is 18.0 Å². The molecular formula is C11H13ClN4. The van der Waals surface area contributed by atoms with Gasteiger partial charge in [-0.15, -0.1) is 0 Å². The maximum atomic E-state index is 5.94. The van der Waals surface area contributed by atoms with Crippen LogP contribution < -0.4 is 5.73 Å². The second kappa shape index (κ2) is 4.63. The molecule has 0 bridgehead atoms. The topological polar surface area (TPSA) is 56.7 Å². The Labute approximate surface area is 99.1 Å². The van der Waals surface area contributed by atoms with E-state index in [1.165, 1.54) is 0 Å². The molecule has 0 amide bonds. The van der Waals surface area contributed by atoms with E-state index in [9.17, 15) is 0 Å². The molecule has 0 aliphatic heterocycles. The first kappa shape index (κ1) is 11.1. The fourth-order valence-corrected chi connectivity index (χ4v) is 1.75. The molecule has 4 nitrogen and oxygen atoms in total. The third kappa shape index (κ3) is 2.23. The molecule has 0 saturated carbocycles. The number of aromatic nitrogens is 3. The van der Waals surface area contributed by atoms with Crippen LogP contribution in [0.5, 0.6) is 0 Å². The molecule has 0 fully saturated rings. The summed E-state index contributed by atoms with van der Waals surface area (Å²) in [6.07, 6.45) is 0.702. The molecule has 0 atom stereocenters. The highest BCUT2D eigenvalue weighted by molar-refractivity contribution is 6.30. The van der Waals surface area contributed by atoms with E-state index in [1.807, 2.05) is 31.2 Å². The summed E-state index contributed by atoms with van der Waals surface area (Å²) < 4.78 is 1.79. The second-order valence-corrected chi connectivity index (χ2v) is 3.94. The molecule has 1 aromatic carbocycles. The minimum absolute atomic E-state index is 0.554. The Morgan fingerprint density at radius 2 is 2.25 bits per heavy atom. The van der Waals surface area contributed by atoms with Gasteiger partial charge in [0.05, 0.1) is 5.69 Å². The first-order valence-corrected chi connectivity index (χ1v) is 5.47. The molecule has 0 saturated heterocycles. The van der Waals surface area contributed by atoms with Gasteiger partial charge in [0.2, 0.25) is 0 Å². The van der Waals surface area contributed by atoms with Gasteiger partial charge in [0, 0.05) is 11.4 Å². The van der Waals surface area contributed by atoms with Crippen LogP contribution in [0.15, 0.2) is 24.3 Å². The third-order valence-corrected chi connectivity index (χ3v) is 2.44. The number of aryl methyl sites for hydroxylation is 1. The molecule has 2 aromatic rings. The number of nitrogens with two attached hydrogens (primary N) is 1. The summed E-state index contributed by atoms with van der Waals surface area (Å²) in [6.45, 7) is 2.42. The maximum Gasteiger partial charge on any atom is 0.148 e. The number of nitrogens with zero attached hydrogens (tertiary/aromatic N) is 3. The minimum atomic E-state index is 0.554. The van der Waals surface area contributed by atoms with E-state index in [-0.39, 0.29) is 0 Å². The third-order valence-electron chi connectivity index (χ3n) is 2.20. The zero-order valence-electron chi connectivity index (χ0n) is 9.02. The minimum Gasteiger partial charge on any atom is -0.330 e. The molecule has 84 valence electrons. The Hall–Kier alpha value is -1.39. The maximum absolute atomic E-state index is 5.94. The molecule has 0 unspecified atom stereocenters. The molecule has 0 aliphatic carbocycles. The van der Waals surface area contributed by atoms with E-state index in [1.54, 1.807) is 4.68 Å². The predicted molar refractivity (Wildman–Crippen MR) is 63.9 cm³/mol. The van der Waals surface area contributed by atoms with Crippen molar-refractivity contribution in [3.63, 3.8) is 0 Å². The molecule has 16 heavy (non-hydrogen) atoms. The number of rotatable bonds is 3. The van der Waals surface area contributed by atoms with Gasteiger partial charge in [-0.05, 0) is 31.7 Å². The number of halogens is 1. The van der Waals surface area contributed by atoms with E-state index >= 15 is 0 Å². The average molecular weight is 237 g/mol. The van der Waals surface area contributed by atoms with E-state index < -0.39 is 0 Å². The molecular weight excluding hydrogens is 224 g/mol. The first-order chi connectivity index (χ1) is 7.70. The Balaban J connectivity index is 2.46. The SMILES string of the molecule is Cc1nc(CCN)n(-c2cccc(Cl)c2)n1. The van der Waals surface area contributed by atoms with Crippen molar-refractivity contribution < 1.29 is 0 Å². The van der Waals surface area contributed by atoms with Crippen molar-refractivity contribution in [2.45, 2.75) is 13.3 Å². The van der Waals surface area contributed by atoms with E-state index in [4.69, 9.17) is 17.3 Å². The van der Waals surface area contributed by atoms with Crippen LogP contribution in [-0.2, 0) is 6.42 Å². The Kier molecular flexibility index (Phi) is 3.22. The van der Waals surface area contributed by atoms with Crippen LogP contribution in [-0.4, -0.2) is 21.3 Å². The van der Waals surface area contributed by atoms with Crippen molar-refractivity contribution >= 4 is 11.6 Å². The Bertz CT molecular complexity index is 492. The number of hydrogen-bond donors (Lipinski definition) is 1. The summed E-state index contributed by atoms with van der Waals surface area (Å²) in [4.78, 5) is 4.34. The second-order valence-electron chi connectivity index (χ2n) is 3.51. The summed E-state index contributed by atoms with van der Waals surface area (Å²) >= 11 is 5.94. The van der Waals surface area contributed by atoms with Crippen molar-refractivity contribution in [2.75, 3.05) is 6.54 Å². The van der Waals surface area contributed by atoms with Crippen molar-refractivity contribution in [1.29, 1.82) is 0 Å². The number of benzene rings is 1. The van der Waals surface area contributed by atoms with Gasteiger partial charge in [-0.2, -0.15) is 5.10 Å². The molecule has 0 aliphatic rings. The normalized spacial score (nSPS) is 10.7. The lowest BCUT2D eigenvalue weighted by molar-refractivity contribution is 0.773. The van der Waals surface area contributed by atoms with Gasteiger partial charge in [-0.3, -0.25) is 0 Å². The van der Waals surface area contributed by atoms with Crippen LogP contribution in [0.2, 0.25) is 5.02 Å². The van der Waals surface area contributed by atoms with Gasteiger partial charge < -0.3 is 5.73 Å². The summed E-state index contributed by atoms with van der Waals surface area (Å²) in [5, 5.41) is 5.02. The molecule has 0 radical (unpaired) electrons. The van der Waals surface area contributed by atoms with Gasteiger partial charge in [-0.25, -0.2) is 9.67 Å². The van der Waals surface area contributed by atoms with Crippen molar-refractivity contribution in [3.8, 4) is 5.69 Å². The highest BCUT2D eigenvalue weighted by Crippen LogP contribution is 2.15. The lowest BCUT2D eigenvalue weighted by atomic mass is 10.3. The average Bonchev–Trinajstić information content (AvgIpc) is 2.60. The molecule has 1 heterocycles. The van der Waals surface area contributed by atoms with E-state index in [2.05, 4.69) is 10.1 Å². The highest BCUT2D eigenvalue weighted by Gasteiger charge is 2.08. The molecule has 5 heteroatoms. The molecule has 1 aromatic heterocycles. The first-order valence-electron chi connectivity index (χ1n) is 5.09. The van der Waals surface area contributed by atoms with Gasteiger partial charge in [0.1, 0.15) is 11.6 Å². The largest absolute Gasteiger partial charge is 0.330 e. The highest BCUT2D eigenvalue weighted by atomic mass is 35.5. The lowest BCUT2D eigenvalue weighted by Gasteiger charge is -2.04. The molecule has 2 rings (SSSR count). The van der Waals surface area contributed by atoms with E-state index in [0.717, 1.165) is 17.3 Å². The van der Waals surface area contributed by atoms with Gasteiger partial charge in [-0.1, -0.05) is 17.7 Å². The monoisotopic (exact) mass is 236 g/mol. The van der Waals surface area contributed by atoms with Gasteiger partial charge >= 0.3 is 0 Å². The van der Waals surface area contributed by atoms with Crippen molar-refractivity contribution in [2.24, 2.45) is 5.73 Å². The standard InChI is InChI=1S/C11H13ClN4/c1-8-14-11(5-6-13)16(15-8)10-4-2-3-9(12)7-10/h2-4,7H,5-6,13H2,1H3. The summed E-state index contributed by atoms with van der Waals surface area (Å²) in [6, 6.07) is 7.52. The summed E-state index contributed by atoms with van der Waals surface area (Å²) in [7, 11) is 0.